The summed E-state index contributed by atoms with van der Waals surface area (Å²) in [4.78, 5) is 12.3. The molecule has 3 aromatic rings. The highest BCUT2D eigenvalue weighted by Crippen LogP contribution is 2.30. The molecule has 6 heteroatoms. The zero-order chi connectivity index (χ0) is 19.4. The van der Waals surface area contributed by atoms with Gasteiger partial charge in [0.15, 0.2) is 12.4 Å². The number of carbonyl (C=O) groups is 1. The van der Waals surface area contributed by atoms with Crippen LogP contribution in [0.3, 0.4) is 0 Å². The first-order chi connectivity index (χ1) is 13.0. The van der Waals surface area contributed by atoms with Gasteiger partial charge in [-0.3, -0.25) is 9.89 Å². The van der Waals surface area contributed by atoms with E-state index in [1.54, 1.807) is 7.11 Å². The van der Waals surface area contributed by atoms with Gasteiger partial charge in [-0.25, -0.2) is 0 Å². The second kappa shape index (κ2) is 7.95. The number of hydrogen-bond donors (Lipinski definition) is 2. The molecule has 0 spiro atoms. The Morgan fingerprint density at radius 3 is 2.33 bits per heavy atom. The number of benzene rings is 2. The van der Waals surface area contributed by atoms with E-state index in [9.17, 15) is 4.79 Å². The molecule has 0 bridgehead atoms. The summed E-state index contributed by atoms with van der Waals surface area (Å²) >= 11 is 0. The van der Waals surface area contributed by atoms with Crippen molar-refractivity contribution in [2.75, 3.05) is 19.0 Å². The number of aryl methyl sites for hydroxylation is 3. The topological polar surface area (TPSA) is 76.2 Å². The normalized spacial score (nSPS) is 10.5. The Bertz CT molecular complexity index is 926. The van der Waals surface area contributed by atoms with Crippen LogP contribution in [0, 0.1) is 20.8 Å². The first-order valence-electron chi connectivity index (χ1n) is 8.66. The molecular formula is C21H23N3O3. The lowest BCUT2D eigenvalue weighted by Gasteiger charge is -2.09. The molecule has 0 saturated carbocycles. The van der Waals surface area contributed by atoms with Crippen molar-refractivity contribution in [1.82, 2.24) is 10.2 Å². The highest BCUT2D eigenvalue weighted by molar-refractivity contribution is 5.95. The fraction of sp³-hybridized carbons (Fsp3) is 0.238. The summed E-state index contributed by atoms with van der Waals surface area (Å²) in [7, 11) is 1.62. The van der Waals surface area contributed by atoms with Gasteiger partial charge in [0.25, 0.3) is 5.91 Å². The number of anilines is 1. The molecule has 0 unspecified atom stereocenters. The lowest BCUT2D eigenvalue weighted by atomic mass is 10.1. The number of aromatic nitrogens is 2. The quantitative estimate of drug-likeness (QED) is 0.691. The Morgan fingerprint density at radius 1 is 1.04 bits per heavy atom. The first kappa shape index (κ1) is 18.5. The molecular weight excluding hydrogens is 342 g/mol. The van der Waals surface area contributed by atoms with E-state index in [-0.39, 0.29) is 12.5 Å². The Morgan fingerprint density at radius 2 is 1.70 bits per heavy atom. The summed E-state index contributed by atoms with van der Waals surface area (Å²) in [6.45, 7) is 5.81. The van der Waals surface area contributed by atoms with Gasteiger partial charge in [0.1, 0.15) is 11.5 Å². The summed E-state index contributed by atoms with van der Waals surface area (Å²) < 4.78 is 10.8. The molecule has 0 aliphatic rings. The third-order valence-corrected chi connectivity index (χ3v) is 4.15. The van der Waals surface area contributed by atoms with E-state index in [2.05, 4.69) is 21.6 Å². The zero-order valence-electron chi connectivity index (χ0n) is 15.9. The van der Waals surface area contributed by atoms with Crippen molar-refractivity contribution in [3.8, 4) is 22.6 Å². The summed E-state index contributed by atoms with van der Waals surface area (Å²) in [5.41, 5.74) is 4.83. The van der Waals surface area contributed by atoms with Gasteiger partial charge in [-0.05, 0) is 61.7 Å². The summed E-state index contributed by atoms with van der Waals surface area (Å²) in [6.07, 6.45) is 0. The predicted octanol–water partition coefficient (Wildman–Crippen LogP) is 4.03. The molecule has 2 N–H and O–H groups in total. The van der Waals surface area contributed by atoms with Gasteiger partial charge in [-0.1, -0.05) is 18.2 Å². The summed E-state index contributed by atoms with van der Waals surface area (Å²) in [5, 5.41) is 9.96. The monoisotopic (exact) mass is 365 g/mol. The largest absolute Gasteiger partial charge is 0.497 e. The number of hydrogen-bond acceptors (Lipinski definition) is 4. The number of methoxy groups -OCH3 is 1. The van der Waals surface area contributed by atoms with Gasteiger partial charge in [0.05, 0.1) is 7.11 Å². The van der Waals surface area contributed by atoms with Gasteiger partial charge in [-0.15, -0.1) is 0 Å². The van der Waals surface area contributed by atoms with Crippen LogP contribution in [-0.2, 0) is 4.79 Å². The van der Waals surface area contributed by atoms with Crippen LogP contribution in [0.2, 0.25) is 0 Å². The van der Waals surface area contributed by atoms with E-state index < -0.39 is 0 Å². The molecule has 0 radical (unpaired) electrons. The number of ether oxygens (including phenoxy) is 2. The molecule has 0 aliphatic carbocycles. The van der Waals surface area contributed by atoms with Crippen LogP contribution >= 0.6 is 0 Å². The molecule has 1 aromatic heterocycles. The van der Waals surface area contributed by atoms with Crippen molar-refractivity contribution in [1.29, 1.82) is 0 Å². The Labute approximate surface area is 158 Å². The van der Waals surface area contributed by atoms with Crippen molar-refractivity contribution in [2.24, 2.45) is 0 Å². The van der Waals surface area contributed by atoms with Crippen LogP contribution in [0.5, 0.6) is 11.5 Å². The van der Waals surface area contributed by atoms with E-state index in [1.807, 2.05) is 57.2 Å². The molecule has 2 aromatic carbocycles. The fourth-order valence-corrected chi connectivity index (χ4v) is 2.96. The zero-order valence-corrected chi connectivity index (χ0v) is 15.9. The lowest BCUT2D eigenvalue weighted by Crippen LogP contribution is -2.20. The third kappa shape index (κ3) is 4.47. The van der Waals surface area contributed by atoms with Crippen molar-refractivity contribution in [3.05, 3.63) is 59.3 Å². The van der Waals surface area contributed by atoms with E-state index >= 15 is 0 Å². The Balaban J connectivity index is 1.71. The van der Waals surface area contributed by atoms with Crippen LogP contribution in [-0.4, -0.2) is 29.8 Å². The van der Waals surface area contributed by atoms with Crippen molar-refractivity contribution in [2.45, 2.75) is 20.8 Å². The average Bonchev–Trinajstić information content (AvgIpc) is 2.99. The van der Waals surface area contributed by atoms with E-state index in [4.69, 9.17) is 9.47 Å². The molecule has 0 aliphatic heterocycles. The lowest BCUT2D eigenvalue weighted by molar-refractivity contribution is -0.118. The van der Waals surface area contributed by atoms with Gasteiger partial charge < -0.3 is 14.8 Å². The molecule has 140 valence electrons. The molecule has 1 amide bonds. The standard InChI is InChI=1S/C21H23N3O3/c1-13-9-14(2)11-18(10-13)27-12-19(25)22-21-20(15(3)23-24-21)16-5-7-17(26-4)8-6-16/h5-11H,12H2,1-4H3,(H2,22,23,24,25). The van der Waals surface area contributed by atoms with Gasteiger partial charge in [0, 0.05) is 11.3 Å². The third-order valence-electron chi connectivity index (χ3n) is 4.15. The molecule has 6 nitrogen and oxygen atoms in total. The average molecular weight is 365 g/mol. The highest BCUT2D eigenvalue weighted by atomic mass is 16.5. The van der Waals surface area contributed by atoms with Gasteiger partial charge in [-0.2, -0.15) is 5.10 Å². The summed E-state index contributed by atoms with van der Waals surface area (Å²) in [6, 6.07) is 13.5. The minimum atomic E-state index is -0.268. The van der Waals surface area contributed by atoms with Crippen LogP contribution in [0.15, 0.2) is 42.5 Å². The van der Waals surface area contributed by atoms with Crippen LogP contribution in [0.1, 0.15) is 16.8 Å². The number of rotatable bonds is 6. The number of aromatic amines is 1. The first-order valence-corrected chi connectivity index (χ1v) is 8.66. The molecule has 0 saturated heterocycles. The van der Waals surface area contributed by atoms with E-state index in [0.717, 1.165) is 33.7 Å². The molecule has 1 heterocycles. The maximum atomic E-state index is 12.3. The number of nitrogens with one attached hydrogen (secondary N) is 2. The van der Waals surface area contributed by atoms with E-state index in [0.29, 0.717) is 11.6 Å². The number of amides is 1. The molecule has 3 rings (SSSR count). The minimum Gasteiger partial charge on any atom is -0.497 e. The van der Waals surface area contributed by atoms with Crippen LogP contribution in [0.4, 0.5) is 5.82 Å². The highest BCUT2D eigenvalue weighted by Gasteiger charge is 2.15. The number of carbonyl (C=O) groups excluding carboxylic acids is 1. The van der Waals surface area contributed by atoms with Crippen molar-refractivity contribution >= 4 is 11.7 Å². The Hall–Kier alpha value is -3.28. The predicted molar refractivity (Wildman–Crippen MR) is 105 cm³/mol. The Kier molecular flexibility index (Phi) is 5.45. The maximum absolute atomic E-state index is 12.3. The minimum absolute atomic E-state index is 0.0865. The molecule has 0 atom stereocenters. The second-order valence-corrected chi connectivity index (χ2v) is 6.46. The fourth-order valence-electron chi connectivity index (χ4n) is 2.96. The summed E-state index contributed by atoms with van der Waals surface area (Å²) in [5.74, 6) is 1.66. The maximum Gasteiger partial charge on any atom is 0.263 e. The number of H-pyrrole nitrogens is 1. The second-order valence-electron chi connectivity index (χ2n) is 6.46. The van der Waals surface area contributed by atoms with Crippen LogP contribution < -0.4 is 14.8 Å². The van der Waals surface area contributed by atoms with Crippen LogP contribution in [0.25, 0.3) is 11.1 Å². The van der Waals surface area contributed by atoms with Crippen molar-refractivity contribution in [3.63, 3.8) is 0 Å². The van der Waals surface area contributed by atoms with Crippen molar-refractivity contribution < 1.29 is 14.3 Å². The smallest absolute Gasteiger partial charge is 0.263 e. The van der Waals surface area contributed by atoms with E-state index in [1.165, 1.54) is 0 Å². The molecule has 27 heavy (non-hydrogen) atoms. The van der Waals surface area contributed by atoms with Gasteiger partial charge in [0.2, 0.25) is 0 Å². The SMILES string of the molecule is COc1ccc(-c2c(NC(=O)COc3cc(C)cc(C)c3)n[nH]c2C)cc1. The van der Waals surface area contributed by atoms with Gasteiger partial charge >= 0.3 is 0 Å². The number of nitrogens with zero attached hydrogens (tertiary/aromatic N) is 1. The molecule has 0 fully saturated rings.